The van der Waals surface area contributed by atoms with Crippen molar-refractivity contribution in [3.8, 4) is 5.75 Å². The number of carboxylic acids is 1. The zero-order valence-electron chi connectivity index (χ0n) is 21.3. The summed E-state index contributed by atoms with van der Waals surface area (Å²) in [5, 5.41) is 16.1. The van der Waals surface area contributed by atoms with E-state index in [9.17, 15) is 14.7 Å². The fourth-order valence-electron chi connectivity index (χ4n) is 5.99. The number of carboxylic acid groups (broad SMARTS) is 1. The summed E-state index contributed by atoms with van der Waals surface area (Å²) in [6.07, 6.45) is -0.254. The van der Waals surface area contributed by atoms with Gasteiger partial charge in [-0.25, -0.2) is 14.8 Å². The first-order valence-electron chi connectivity index (χ1n) is 12.9. The number of aliphatic imine (C=N–C) groups is 1. The molecule has 0 radical (unpaired) electrons. The molecule has 200 valence electrons. The summed E-state index contributed by atoms with van der Waals surface area (Å²) < 4.78 is 18.9. The number of oxazole rings is 1. The number of benzene rings is 2. The Morgan fingerprint density at radius 2 is 2.00 bits per heavy atom. The van der Waals surface area contributed by atoms with Crippen LogP contribution < -0.4 is 21.1 Å². The van der Waals surface area contributed by atoms with Crippen molar-refractivity contribution in [2.45, 2.75) is 50.0 Å². The number of para-hydroxylation sites is 1. The van der Waals surface area contributed by atoms with Crippen molar-refractivity contribution in [3.05, 3.63) is 76.5 Å². The summed E-state index contributed by atoms with van der Waals surface area (Å²) in [5.74, 6) is -0.123. The molecule has 1 amide bonds. The summed E-state index contributed by atoms with van der Waals surface area (Å²) >= 11 is 0. The summed E-state index contributed by atoms with van der Waals surface area (Å²) in [6, 6.07) is 11.2. The lowest BCUT2D eigenvalue weighted by Crippen LogP contribution is -2.45. The Labute approximate surface area is 223 Å². The van der Waals surface area contributed by atoms with Crippen LogP contribution in [0.1, 0.15) is 53.9 Å². The fourth-order valence-corrected chi connectivity index (χ4v) is 5.99. The van der Waals surface area contributed by atoms with E-state index in [1.807, 2.05) is 56.3 Å². The molecule has 0 fully saturated rings. The number of ether oxygens (including phenoxy) is 2. The first-order chi connectivity index (χ1) is 18.8. The average Bonchev–Trinajstić information content (AvgIpc) is 3.67. The Bertz CT molecular complexity index is 1560. The lowest BCUT2D eigenvalue weighted by molar-refractivity contribution is -0.138. The second kappa shape index (κ2) is 8.31. The van der Waals surface area contributed by atoms with Crippen LogP contribution in [0.4, 0.5) is 5.69 Å². The molecule has 1 spiro atoms. The van der Waals surface area contributed by atoms with Crippen LogP contribution in [0.3, 0.4) is 0 Å². The smallest absolute Gasteiger partial charge is 0.332 e. The van der Waals surface area contributed by atoms with Gasteiger partial charge >= 0.3 is 5.97 Å². The quantitative estimate of drug-likeness (QED) is 0.398. The molecule has 5 heterocycles. The van der Waals surface area contributed by atoms with E-state index in [-0.39, 0.29) is 35.9 Å². The molecule has 39 heavy (non-hydrogen) atoms. The van der Waals surface area contributed by atoms with Crippen LogP contribution in [-0.4, -0.2) is 52.8 Å². The van der Waals surface area contributed by atoms with E-state index in [1.165, 1.54) is 0 Å². The molecule has 11 heteroatoms. The van der Waals surface area contributed by atoms with Crippen LogP contribution in [0.15, 0.2) is 51.9 Å². The van der Waals surface area contributed by atoms with Gasteiger partial charge in [0.1, 0.15) is 23.8 Å². The van der Waals surface area contributed by atoms with Gasteiger partial charge in [-0.3, -0.25) is 4.79 Å². The number of aliphatic carboxylic acids is 1. The predicted octanol–water partition coefficient (Wildman–Crippen LogP) is 2.08. The van der Waals surface area contributed by atoms with Crippen molar-refractivity contribution in [2.24, 2.45) is 16.6 Å². The topological polar surface area (TPSA) is 161 Å². The molecule has 11 nitrogen and oxygen atoms in total. The van der Waals surface area contributed by atoms with Gasteiger partial charge in [0.25, 0.3) is 0 Å². The van der Waals surface area contributed by atoms with Crippen molar-refractivity contribution in [3.63, 3.8) is 0 Å². The second-order valence-electron chi connectivity index (χ2n) is 10.7. The van der Waals surface area contributed by atoms with Crippen LogP contribution in [0.5, 0.6) is 5.75 Å². The van der Waals surface area contributed by atoms with E-state index >= 15 is 0 Å². The lowest BCUT2D eigenvalue weighted by atomic mass is 9.72. The number of fused-ring (bicyclic) bond motifs is 4. The van der Waals surface area contributed by atoms with Crippen molar-refractivity contribution < 1.29 is 28.6 Å². The monoisotopic (exact) mass is 529 g/mol. The molecule has 5 atom stereocenters. The largest absolute Gasteiger partial charge is 0.480 e. The zero-order valence-corrected chi connectivity index (χ0v) is 21.3. The van der Waals surface area contributed by atoms with E-state index in [0.29, 0.717) is 17.9 Å². The second-order valence-corrected chi connectivity index (χ2v) is 10.7. The highest BCUT2D eigenvalue weighted by molar-refractivity contribution is 5.98. The molecule has 1 aromatic heterocycles. The number of nitrogens with zero attached hydrogens (tertiary/aromatic N) is 2. The Hall–Kier alpha value is -4.38. The molecule has 3 aromatic rings. The highest BCUT2D eigenvalue weighted by atomic mass is 16.5. The average molecular weight is 530 g/mol. The standard InChI is InChI=1S/C28H27N5O6/c1-12(2)20-25-33-21(24-30-18(11-37-24)26(35)36)22(39-25)28-14-5-3-4-6-17(14)31-27(28)38-19-8-7-13(9-15(19)28)10-16(29)23(34)32-20/h3-9,12,16,18,20,27,31H,10-11,29H2,1-2H3,(H,32,34)(H,35,36)/t16-,18?,20-,27?,28?/m0/s1. The van der Waals surface area contributed by atoms with Gasteiger partial charge in [-0.15, -0.1) is 0 Å². The van der Waals surface area contributed by atoms with Gasteiger partial charge in [-0.05, 0) is 35.6 Å². The summed E-state index contributed by atoms with van der Waals surface area (Å²) in [6.45, 7) is 3.78. The lowest BCUT2D eigenvalue weighted by Gasteiger charge is -2.28. The third-order valence-corrected chi connectivity index (χ3v) is 7.91. The first kappa shape index (κ1) is 23.7. The molecule has 4 aliphatic rings. The van der Waals surface area contributed by atoms with E-state index in [1.54, 1.807) is 0 Å². The minimum absolute atomic E-state index is 0.0786. The number of hydrogen-bond acceptors (Lipinski definition) is 9. The molecule has 0 saturated carbocycles. The van der Waals surface area contributed by atoms with Crippen LogP contribution in [0, 0.1) is 5.92 Å². The molecule has 0 aliphatic carbocycles. The number of hydrogen-bond donors (Lipinski definition) is 4. The van der Waals surface area contributed by atoms with Crippen LogP contribution in [0.2, 0.25) is 0 Å². The summed E-state index contributed by atoms with van der Waals surface area (Å²) in [4.78, 5) is 34.0. The number of nitrogens with two attached hydrogens (primary N) is 1. The van der Waals surface area contributed by atoms with E-state index in [4.69, 9.17) is 24.6 Å². The molecule has 3 unspecified atom stereocenters. The first-order valence-corrected chi connectivity index (χ1v) is 12.9. The van der Waals surface area contributed by atoms with E-state index < -0.39 is 35.7 Å². The zero-order chi connectivity index (χ0) is 27.1. The maximum Gasteiger partial charge on any atom is 0.332 e. The molecule has 4 bridgehead atoms. The van der Waals surface area contributed by atoms with Gasteiger partial charge in [0.2, 0.25) is 17.7 Å². The minimum Gasteiger partial charge on any atom is -0.480 e. The molecule has 7 rings (SSSR count). The number of amides is 1. The Morgan fingerprint density at radius 1 is 1.18 bits per heavy atom. The van der Waals surface area contributed by atoms with Crippen LogP contribution >= 0.6 is 0 Å². The maximum atomic E-state index is 13.2. The van der Waals surface area contributed by atoms with Crippen LogP contribution in [0.25, 0.3) is 0 Å². The molecule has 2 aromatic carbocycles. The normalized spacial score (nSPS) is 28.2. The molecule has 5 N–H and O–H groups in total. The summed E-state index contributed by atoms with van der Waals surface area (Å²) in [5.41, 5.74) is 9.12. The Morgan fingerprint density at radius 3 is 2.77 bits per heavy atom. The molecule has 0 saturated heterocycles. The van der Waals surface area contributed by atoms with Gasteiger partial charge in [0, 0.05) is 11.3 Å². The van der Waals surface area contributed by atoms with Crippen LogP contribution in [-0.2, 0) is 26.2 Å². The van der Waals surface area contributed by atoms with Crippen molar-refractivity contribution in [1.29, 1.82) is 0 Å². The molecule has 4 aliphatic heterocycles. The number of carbonyl (C=O) groups is 2. The highest BCUT2D eigenvalue weighted by Gasteiger charge is 2.61. The SMILES string of the molecule is CC(C)[C@@H]1NC(=O)[C@@H](N)Cc2ccc3c(c2)C2(c4ccccc4NC2O3)c2oc1nc2C1=NC(C(=O)O)CO1. The van der Waals surface area contributed by atoms with E-state index in [2.05, 4.69) is 15.6 Å². The van der Waals surface area contributed by atoms with Crippen molar-refractivity contribution in [1.82, 2.24) is 10.3 Å². The molecular weight excluding hydrogens is 502 g/mol. The number of carbonyl (C=O) groups excluding carboxylic acids is 1. The number of anilines is 1. The third kappa shape index (κ3) is 3.32. The van der Waals surface area contributed by atoms with Gasteiger partial charge in [-0.1, -0.05) is 44.2 Å². The molecular formula is C28H27N5O6. The van der Waals surface area contributed by atoms with E-state index in [0.717, 1.165) is 22.4 Å². The number of nitrogens with one attached hydrogen (secondary N) is 2. The highest BCUT2D eigenvalue weighted by Crippen LogP contribution is 2.58. The minimum atomic E-state index is -1.09. The van der Waals surface area contributed by atoms with Gasteiger partial charge in [-0.2, -0.15) is 0 Å². The summed E-state index contributed by atoms with van der Waals surface area (Å²) in [7, 11) is 0. The Kier molecular flexibility index (Phi) is 5.05. The number of rotatable bonds is 3. The number of aromatic nitrogens is 1. The van der Waals surface area contributed by atoms with Gasteiger partial charge < -0.3 is 35.4 Å². The predicted molar refractivity (Wildman–Crippen MR) is 139 cm³/mol. The van der Waals surface area contributed by atoms with Crippen molar-refractivity contribution in [2.75, 3.05) is 11.9 Å². The fraction of sp³-hybridized carbons (Fsp3) is 0.357. The third-order valence-electron chi connectivity index (χ3n) is 7.91. The Balaban J connectivity index is 1.56. The maximum absolute atomic E-state index is 13.2. The van der Waals surface area contributed by atoms with Crippen molar-refractivity contribution >= 4 is 23.5 Å². The van der Waals surface area contributed by atoms with Gasteiger partial charge in [0.05, 0.1) is 6.04 Å². The van der Waals surface area contributed by atoms with Gasteiger partial charge in [0.15, 0.2) is 23.7 Å².